The zero-order valence-corrected chi connectivity index (χ0v) is 16.6. The molecule has 0 amide bonds. The van der Waals surface area contributed by atoms with Gasteiger partial charge in [-0.25, -0.2) is 0 Å². The number of azide groups is 1. The lowest BCUT2D eigenvalue weighted by atomic mass is 10.1. The van der Waals surface area contributed by atoms with Crippen molar-refractivity contribution in [1.82, 2.24) is 0 Å². The van der Waals surface area contributed by atoms with Gasteiger partial charge in [-0.1, -0.05) is 108 Å². The third-order valence-corrected chi connectivity index (χ3v) is 9.98. The van der Waals surface area contributed by atoms with Gasteiger partial charge in [0, 0.05) is 16.6 Å². The fraction of sp³-hybridized carbons (Fsp3) is 0.0952. The van der Waals surface area contributed by atoms with E-state index in [1.807, 2.05) is 91.0 Å². The van der Waals surface area contributed by atoms with Crippen LogP contribution in [0.5, 0.6) is 0 Å². The maximum absolute atomic E-state index is 12.1. The van der Waals surface area contributed by atoms with Crippen molar-refractivity contribution in [2.24, 2.45) is 5.11 Å². The van der Waals surface area contributed by atoms with Crippen LogP contribution in [0.4, 0.5) is 0 Å². The van der Waals surface area contributed by atoms with E-state index >= 15 is 0 Å². The van der Waals surface area contributed by atoms with Crippen molar-refractivity contribution < 1.29 is 9.90 Å². The first-order valence-corrected chi connectivity index (χ1v) is 11.5. The fourth-order valence-corrected chi connectivity index (χ4v) is 8.10. The molecule has 0 saturated heterocycles. The Morgan fingerprint density at radius 1 is 0.893 bits per heavy atom. The molecule has 0 fully saturated rings. The molecule has 0 aromatic heterocycles. The van der Waals surface area contributed by atoms with Gasteiger partial charge in [-0.15, -0.1) is 0 Å². The lowest BCUT2D eigenvalue weighted by Crippen LogP contribution is -2.32. The Balaban J connectivity index is 2.37. The number of hydrogen-bond donors (Lipinski definition) is 1. The molecule has 0 unspecified atom stereocenters. The molecule has 3 aromatic rings. The van der Waals surface area contributed by atoms with E-state index in [1.54, 1.807) is 0 Å². The van der Waals surface area contributed by atoms with Crippen molar-refractivity contribution in [2.75, 3.05) is 0 Å². The number of hydrogen-bond acceptors (Lipinski definition) is 3. The summed E-state index contributed by atoms with van der Waals surface area (Å²) in [6.07, 6.45) is 0. The summed E-state index contributed by atoms with van der Waals surface area (Å²) in [4.78, 5) is 14.9. The second kappa shape index (κ2) is 8.85. The second-order valence-corrected chi connectivity index (χ2v) is 10.8. The Labute approximate surface area is 168 Å². The molecule has 0 saturated carbocycles. The molecule has 0 spiro atoms. The first-order valence-electron chi connectivity index (χ1n) is 8.62. The van der Waals surface area contributed by atoms with Crippen LogP contribution in [0, 0.1) is 0 Å². The number of aliphatic carboxylic acids is 1. The molecule has 0 aliphatic rings. The molecule has 7 heteroatoms. The predicted octanol–water partition coefficient (Wildman–Crippen LogP) is 4.62. The highest BCUT2D eigenvalue weighted by atomic mass is 32.4. The topological polar surface area (TPSA) is 86.1 Å². The summed E-state index contributed by atoms with van der Waals surface area (Å²) in [5.41, 5.74) is 9.13. The van der Waals surface area contributed by atoms with E-state index in [1.165, 1.54) is 0 Å². The molecule has 0 radical (unpaired) electrons. The smallest absolute Gasteiger partial charge is 0.313 e. The fourth-order valence-electron chi connectivity index (χ4n) is 3.31. The number of rotatable bonds is 7. The number of carbonyl (C=O) groups is 1. The van der Waals surface area contributed by atoms with Crippen molar-refractivity contribution in [2.45, 2.75) is 11.7 Å². The number of benzene rings is 3. The van der Waals surface area contributed by atoms with Gasteiger partial charge >= 0.3 is 5.97 Å². The van der Waals surface area contributed by atoms with Crippen LogP contribution in [-0.4, -0.2) is 17.1 Å². The standard InChI is InChI=1S/C21H18N3O2PS/c22-24-23-19(21(25)26)20(16-10-4-1-5-11-16)27(28,17-12-6-2-7-13-17)18-14-8-3-9-15-18/h1-15,19-20H,(H,25,26)/t19-,20-/m0/s1. The summed E-state index contributed by atoms with van der Waals surface area (Å²) >= 11 is 6.31. The summed E-state index contributed by atoms with van der Waals surface area (Å²) in [6, 6.07) is 24.3. The maximum atomic E-state index is 12.1. The van der Waals surface area contributed by atoms with Gasteiger partial charge in [0.15, 0.2) is 0 Å². The number of carboxylic acid groups (broad SMARTS) is 1. The summed E-state index contributed by atoms with van der Waals surface area (Å²) in [5.74, 6) is -1.19. The highest BCUT2D eigenvalue weighted by molar-refractivity contribution is 8.22. The predicted molar refractivity (Wildman–Crippen MR) is 116 cm³/mol. The van der Waals surface area contributed by atoms with E-state index in [2.05, 4.69) is 10.0 Å². The molecule has 140 valence electrons. The molecule has 0 heterocycles. The van der Waals surface area contributed by atoms with Crippen LogP contribution < -0.4 is 10.6 Å². The van der Waals surface area contributed by atoms with Gasteiger partial charge in [-0.2, -0.15) is 0 Å². The second-order valence-electron chi connectivity index (χ2n) is 6.17. The van der Waals surface area contributed by atoms with Gasteiger partial charge in [0.2, 0.25) is 0 Å². The first-order chi connectivity index (χ1) is 13.6. The third kappa shape index (κ3) is 3.85. The average molecular weight is 407 g/mol. The summed E-state index contributed by atoms with van der Waals surface area (Å²) < 4.78 is 0. The van der Waals surface area contributed by atoms with Gasteiger partial charge in [-0.3, -0.25) is 4.79 Å². The average Bonchev–Trinajstić information content (AvgIpc) is 2.75. The van der Waals surface area contributed by atoms with Gasteiger partial charge in [0.05, 0.1) is 0 Å². The van der Waals surface area contributed by atoms with E-state index in [-0.39, 0.29) is 0 Å². The lowest BCUT2D eigenvalue weighted by Gasteiger charge is -2.35. The Hall–Kier alpha value is -2.91. The zero-order valence-electron chi connectivity index (χ0n) is 14.9. The molecule has 0 aliphatic carbocycles. The number of carboxylic acids is 1. The first kappa shape index (κ1) is 19.8. The quantitative estimate of drug-likeness (QED) is 0.268. The van der Waals surface area contributed by atoms with Crippen LogP contribution in [0.15, 0.2) is 96.1 Å². The Morgan fingerprint density at radius 2 is 1.32 bits per heavy atom. The van der Waals surface area contributed by atoms with Crippen LogP contribution in [0.3, 0.4) is 0 Å². The van der Waals surface area contributed by atoms with Crippen LogP contribution in [0.1, 0.15) is 11.2 Å². The Bertz CT molecular complexity index is 994. The molecule has 3 rings (SSSR count). The monoisotopic (exact) mass is 407 g/mol. The van der Waals surface area contributed by atoms with Gasteiger partial charge in [-0.05, 0) is 21.7 Å². The van der Waals surface area contributed by atoms with Crippen LogP contribution in [0.25, 0.3) is 10.4 Å². The SMILES string of the molecule is [N-]=[N+]=N[C@H](C(=O)O)[C@H](c1ccccc1)P(=S)(c1ccccc1)c1ccccc1. The van der Waals surface area contributed by atoms with Gasteiger partial charge in [0.1, 0.15) is 6.04 Å². The van der Waals surface area contributed by atoms with Crippen LogP contribution in [-0.2, 0) is 16.6 Å². The van der Waals surface area contributed by atoms with Crippen molar-refractivity contribution in [1.29, 1.82) is 0 Å². The summed E-state index contributed by atoms with van der Waals surface area (Å²) in [6.45, 7) is 0. The molecule has 2 atom stereocenters. The molecular formula is C21H18N3O2PS. The highest BCUT2D eigenvalue weighted by Crippen LogP contribution is 2.59. The van der Waals surface area contributed by atoms with Crippen LogP contribution in [0.2, 0.25) is 0 Å². The van der Waals surface area contributed by atoms with Gasteiger partial charge in [0.25, 0.3) is 0 Å². The third-order valence-electron chi connectivity index (χ3n) is 4.54. The van der Waals surface area contributed by atoms with E-state index in [9.17, 15) is 9.90 Å². The van der Waals surface area contributed by atoms with Gasteiger partial charge < -0.3 is 5.11 Å². The van der Waals surface area contributed by atoms with E-state index in [0.717, 1.165) is 16.2 Å². The number of nitrogens with zero attached hydrogens (tertiary/aromatic N) is 3. The van der Waals surface area contributed by atoms with E-state index < -0.39 is 23.7 Å². The van der Waals surface area contributed by atoms with E-state index in [0.29, 0.717) is 0 Å². The minimum absolute atomic E-state index is 0.679. The molecule has 0 bridgehead atoms. The normalized spacial score (nSPS) is 13.1. The van der Waals surface area contributed by atoms with Crippen molar-refractivity contribution in [3.05, 3.63) is 107 Å². The van der Waals surface area contributed by atoms with Crippen molar-refractivity contribution >= 4 is 34.4 Å². The summed E-state index contributed by atoms with van der Waals surface area (Å²) in [5, 5.41) is 15.3. The lowest BCUT2D eigenvalue weighted by molar-refractivity contribution is -0.138. The Kier molecular flexibility index (Phi) is 6.27. The van der Waals surface area contributed by atoms with E-state index in [4.69, 9.17) is 17.3 Å². The van der Waals surface area contributed by atoms with Crippen molar-refractivity contribution in [3.8, 4) is 0 Å². The van der Waals surface area contributed by atoms with Crippen LogP contribution >= 0.6 is 6.04 Å². The molecular weight excluding hydrogens is 389 g/mol. The maximum Gasteiger partial charge on any atom is 0.313 e. The van der Waals surface area contributed by atoms with Crippen molar-refractivity contribution in [3.63, 3.8) is 0 Å². The molecule has 5 nitrogen and oxygen atoms in total. The Morgan fingerprint density at radius 3 is 1.71 bits per heavy atom. The molecule has 28 heavy (non-hydrogen) atoms. The molecule has 3 aromatic carbocycles. The zero-order chi connectivity index (χ0) is 20.0. The highest BCUT2D eigenvalue weighted by Gasteiger charge is 2.41. The largest absolute Gasteiger partial charge is 0.481 e. The minimum atomic E-state index is -2.71. The molecule has 1 N–H and O–H groups in total. The molecule has 0 aliphatic heterocycles. The summed E-state index contributed by atoms with van der Waals surface area (Å²) in [7, 11) is 0. The minimum Gasteiger partial charge on any atom is -0.481 e.